The maximum Gasteiger partial charge on any atom is 0.0685 e. The second kappa shape index (κ2) is 10.4. The molecule has 4 heterocycles. The van der Waals surface area contributed by atoms with Gasteiger partial charge in [0.15, 0.2) is 0 Å². The van der Waals surface area contributed by atoms with Crippen LogP contribution >= 0.6 is 0 Å². The third kappa shape index (κ3) is 4.26. The van der Waals surface area contributed by atoms with E-state index in [0.29, 0.717) is 0 Å². The van der Waals surface area contributed by atoms with Crippen LogP contribution in [0.15, 0.2) is 158 Å². The highest BCUT2D eigenvalue weighted by Crippen LogP contribution is 2.34. The van der Waals surface area contributed by atoms with E-state index in [9.17, 15) is 0 Å². The normalized spacial score (nSPS) is 17.8. The van der Waals surface area contributed by atoms with Gasteiger partial charge in [0.1, 0.15) is 0 Å². The van der Waals surface area contributed by atoms with Crippen molar-refractivity contribution in [1.82, 2.24) is 20.2 Å². The van der Waals surface area contributed by atoms with E-state index in [0.717, 1.165) is 33.5 Å². The van der Waals surface area contributed by atoms with Crippen LogP contribution in [0.4, 0.5) is 0 Å². The van der Waals surface area contributed by atoms with Crippen molar-refractivity contribution in [3.63, 3.8) is 0 Å². The molecule has 0 spiro atoms. The minimum atomic E-state index is 0.0830. The molecule has 2 aromatic heterocycles. The number of para-hydroxylation sites is 1. The Morgan fingerprint density at radius 2 is 1.24 bits per heavy atom. The van der Waals surface area contributed by atoms with Crippen LogP contribution < -0.4 is 10.6 Å². The highest BCUT2D eigenvalue weighted by Gasteiger charge is 2.24. The Morgan fingerprint density at radius 1 is 0.556 bits per heavy atom. The fourth-order valence-electron chi connectivity index (χ4n) is 7.04. The van der Waals surface area contributed by atoms with Crippen molar-refractivity contribution >= 4 is 54.7 Å². The summed E-state index contributed by atoms with van der Waals surface area (Å²) in [5.41, 5.74) is 8.08. The number of aromatic nitrogens is 2. The minimum Gasteiger partial charge on any atom is -0.376 e. The fourth-order valence-corrected chi connectivity index (χ4v) is 7.04. The second-order valence-corrected chi connectivity index (χ2v) is 11.8. The van der Waals surface area contributed by atoms with Crippen molar-refractivity contribution in [1.29, 1.82) is 0 Å². The molecule has 0 aliphatic carbocycles. The molecule has 214 valence electrons. The van der Waals surface area contributed by atoms with Crippen molar-refractivity contribution < 1.29 is 0 Å². The summed E-state index contributed by atoms with van der Waals surface area (Å²) in [4.78, 5) is 4.41. The number of allylic oxidation sites excluding steroid dienone is 4. The first-order valence-electron chi connectivity index (χ1n) is 15.5. The summed E-state index contributed by atoms with van der Waals surface area (Å²) in [5.74, 6) is 0. The monoisotopic (exact) mass is 578 g/mol. The van der Waals surface area contributed by atoms with Crippen molar-refractivity contribution in [2.45, 2.75) is 12.1 Å². The lowest BCUT2D eigenvalue weighted by Gasteiger charge is -2.32. The zero-order valence-electron chi connectivity index (χ0n) is 24.6. The number of nitrogens with one attached hydrogen (secondary N) is 2. The van der Waals surface area contributed by atoms with Crippen LogP contribution in [0.2, 0.25) is 0 Å². The smallest absolute Gasteiger partial charge is 0.0685 e. The Balaban J connectivity index is 1.03. The first kappa shape index (κ1) is 25.6. The number of rotatable bonds is 4. The van der Waals surface area contributed by atoms with E-state index in [4.69, 9.17) is 0 Å². The summed E-state index contributed by atoms with van der Waals surface area (Å²) in [7, 11) is 0. The van der Waals surface area contributed by atoms with Crippen molar-refractivity contribution in [2.24, 2.45) is 0 Å². The van der Waals surface area contributed by atoms with Crippen molar-refractivity contribution in [2.75, 3.05) is 0 Å². The van der Waals surface area contributed by atoms with E-state index in [-0.39, 0.29) is 12.1 Å². The maximum atomic E-state index is 4.41. The quantitative estimate of drug-likeness (QED) is 0.205. The summed E-state index contributed by atoms with van der Waals surface area (Å²) in [6.07, 6.45) is 17.1. The van der Waals surface area contributed by atoms with Crippen LogP contribution in [0.5, 0.6) is 0 Å². The SMILES string of the molecule is C1=CC(C2C=CC=C(c3cc4ccccc4c4ccccc34)N2)NC(c2cccc(-n3c4ccccc4c4cnccc43)c2)=C1. The van der Waals surface area contributed by atoms with Gasteiger partial charge in [-0.05, 0) is 69.6 Å². The highest BCUT2D eigenvalue weighted by molar-refractivity contribution is 6.12. The van der Waals surface area contributed by atoms with Gasteiger partial charge in [0.25, 0.3) is 0 Å². The summed E-state index contributed by atoms with van der Waals surface area (Å²) in [5, 5.41) is 15.1. The molecule has 0 fully saturated rings. The van der Waals surface area contributed by atoms with Gasteiger partial charge in [0.05, 0.1) is 23.1 Å². The number of fused-ring (bicyclic) bond motifs is 6. The molecule has 2 unspecified atom stereocenters. The van der Waals surface area contributed by atoms with Crippen LogP contribution in [0.25, 0.3) is 60.4 Å². The molecule has 2 N–H and O–H groups in total. The molecule has 4 heteroatoms. The van der Waals surface area contributed by atoms with Gasteiger partial charge in [-0.15, -0.1) is 0 Å². The number of dihydropyridines is 2. The molecule has 45 heavy (non-hydrogen) atoms. The average molecular weight is 579 g/mol. The van der Waals surface area contributed by atoms with Crippen LogP contribution in [-0.4, -0.2) is 21.6 Å². The molecule has 0 amide bonds. The average Bonchev–Trinajstić information content (AvgIpc) is 3.46. The lowest BCUT2D eigenvalue weighted by atomic mass is 9.93. The standard InChI is InChI=1S/C41H30N4/c1-2-13-30-27(10-1)25-34(32-15-4-3-14-31(30)32)37-18-9-20-39(44-37)38-19-8-17-36(43-38)28-11-7-12-29(24-28)45-40-21-6-5-16-33(40)35-26-42-23-22-41(35)45/h1-26,38-39,43-44H. The van der Waals surface area contributed by atoms with Crippen LogP contribution in [0.3, 0.4) is 0 Å². The lowest BCUT2D eigenvalue weighted by Crippen LogP contribution is -2.46. The Morgan fingerprint density at radius 3 is 2.11 bits per heavy atom. The number of benzene rings is 5. The molecule has 2 aliphatic rings. The Bertz CT molecular complexity index is 2350. The molecule has 2 atom stereocenters. The summed E-state index contributed by atoms with van der Waals surface area (Å²) in [6.45, 7) is 0. The van der Waals surface area contributed by atoms with E-state index in [2.05, 4.69) is 166 Å². The van der Waals surface area contributed by atoms with Gasteiger partial charge in [0.2, 0.25) is 0 Å². The Hall–Kier alpha value is -5.87. The van der Waals surface area contributed by atoms with Crippen molar-refractivity contribution in [3.8, 4) is 5.69 Å². The van der Waals surface area contributed by atoms with Gasteiger partial charge in [-0.3, -0.25) is 4.98 Å². The predicted molar refractivity (Wildman–Crippen MR) is 188 cm³/mol. The molecule has 4 nitrogen and oxygen atoms in total. The molecular weight excluding hydrogens is 548 g/mol. The molecule has 0 saturated carbocycles. The first-order chi connectivity index (χ1) is 22.3. The predicted octanol–water partition coefficient (Wildman–Crippen LogP) is 8.92. The summed E-state index contributed by atoms with van der Waals surface area (Å²) in [6, 6.07) is 39.3. The summed E-state index contributed by atoms with van der Waals surface area (Å²) >= 11 is 0. The summed E-state index contributed by atoms with van der Waals surface area (Å²) < 4.78 is 2.34. The zero-order chi connectivity index (χ0) is 29.7. The number of pyridine rings is 1. The third-order valence-electron chi connectivity index (χ3n) is 9.14. The van der Waals surface area contributed by atoms with E-state index in [1.54, 1.807) is 0 Å². The molecule has 0 radical (unpaired) electrons. The molecule has 0 bridgehead atoms. The number of nitrogens with zero attached hydrogens (tertiary/aromatic N) is 2. The van der Waals surface area contributed by atoms with Gasteiger partial charge in [-0.1, -0.05) is 103 Å². The topological polar surface area (TPSA) is 41.9 Å². The Labute approximate surface area is 261 Å². The zero-order valence-corrected chi connectivity index (χ0v) is 24.6. The van der Waals surface area contributed by atoms with Gasteiger partial charge in [-0.2, -0.15) is 0 Å². The maximum absolute atomic E-state index is 4.41. The van der Waals surface area contributed by atoms with Crippen LogP contribution in [0, 0.1) is 0 Å². The Kier molecular flexibility index (Phi) is 5.91. The van der Waals surface area contributed by atoms with Gasteiger partial charge in [0, 0.05) is 45.8 Å². The molecule has 9 rings (SSSR count). The van der Waals surface area contributed by atoms with E-state index >= 15 is 0 Å². The molecule has 5 aromatic carbocycles. The van der Waals surface area contributed by atoms with Crippen LogP contribution in [-0.2, 0) is 0 Å². The minimum absolute atomic E-state index is 0.0830. The second-order valence-electron chi connectivity index (χ2n) is 11.8. The lowest BCUT2D eigenvalue weighted by molar-refractivity contribution is 0.575. The third-order valence-corrected chi connectivity index (χ3v) is 9.14. The first-order valence-corrected chi connectivity index (χ1v) is 15.5. The molecule has 7 aromatic rings. The van der Waals surface area contributed by atoms with Gasteiger partial charge >= 0.3 is 0 Å². The molecular formula is C41H30N4. The number of hydrogen-bond acceptors (Lipinski definition) is 3. The number of hydrogen-bond donors (Lipinski definition) is 2. The van der Waals surface area contributed by atoms with Gasteiger partial charge in [-0.25, -0.2) is 0 Å². The highest BCUT2D eigenvalue weighted by atomic mass is 15.0. The fraction of sp³-hybridized carbons (Fsp3) is 0.0488. The van der Waals surface area contributed by atoms with E-state index < -0.39 is 0 Å². The van der Waals surface area contributed by atoms with Gasteiger partial charge < -0.3 is 15.2 Å². The molecule has 0 saturated heterocycles. The van der Waals surface area contributed by atoms with E-state index in [1.165, 1.54) is 38.0 Å². The van der Waals surface area contributed by atoms with Crippen molar-refractivity contribution in [3.05, 3.63) is 169 Å². The largest absolute Gasteiger partial charge is 0.376 e. The molecule has 2 aliphatic heterocycles. The van der Waals surface area contributed by atoms with Crippen LogP contribution in [0.1, 0.15) is 11.1 Å². The van der Waals surface area contributed by atoms with E-state index in [1.807, 2.05) is 12.4 Å².